The molecule has 1 aliphatic rings. The van der Waals surface area contributed by atoms with E-state index in [4.69, 9.17) is 5.73 Å². The predicted octanol–water partition coefficient (Wildman–Crippen LogP) is 3.06. The number of nitrogen functional groups attached to an aromatic ring is 1. The van der Waals surface area contributed by atoms with Gasteiger partial charge in [-0.1, -0.05) is 6.92 Å². The fraction of sp³-hybridized carbons (Fsp3) is 0.333. The predicted molar refractivity (Wildman–Crippen MR) is 100 cm³/mol. The van der Waals surface area contributed by atoms with Crippen molar-refractivity contribution >= 4 is 28.8 Å². The van der Waals surface area contributed by atoms with Gasteiger partial charge in [0.25, 0.3) is 11.6 Å². The van der Waals surface area contributed by atoms with Crippen molar-refractivity contribution < 1.29 is 9.72 Å². The topological polar surface area (TPSA) is 114 Å². The molecule has 1 saturated heterocycles. The number of carbonyl (C=O) groups is 1. The third-order valence-electron chi connectivity index (χ3n) is 4.60. The van der Waals surface area contributed by atoms with Crippen LogP contribution in [0.1, 0.15) is 30.1 Å². The van der Waals surface area contributed by atoms with Gasteiger partial charge in [0.1, 0.15) is 11.5 Å². The molecule has 0 radical (unpaired) electrons. The highest BCUT2D eigenvalue weighted by molar-refractivity contribution is 6.05. The lowest BCUT2D eigenvalue weighted by Crippen LogP contribution is -2.33. The van der Waals surface area contributed by atoms with E-state index in [9.17, 15) is 14.9 Å². The number of nitro benzene ring substituents is 1. The summed E-state index contributed by atoms with van der Waals surface area (Å²) in [5.41, 5.74) is 6.72. The quantitative estimate of drug-likeness (QED) is 0.643. The van der Waals surface area contributed by atoms with Crippen LogP contribution in [0.25, 0.3) is 0 Å². The lowest BCUT2D eigenvalue weighted by Gasteiger charge is -2.31. The summed E-state index contributed by atoms with van der Waals surface area (Å²) >= 11 is 0. The van der Waals surface area contributed by atoms with Crippen molar-refractivity contribution in [3.05, 3.63) is 52.2 Å². The molecule has 1 amide bonds. The lowest BCUT2D eigenvalue weighted by atomic mass is 9.98. The summed E-state index contributed by atoms with van der Waals surface area (Å²) in [4.78, 5) is 29.4. The van der Waals surface area contributed by atoms with E-state index in [1.54, 1.807) is 24.3 Å². The van der Waals surface area contributed by atoms with Crippen LogP contribution in [0.15, 0.2) is 36.5 Å². The van der Waals surface area contributed by atoms with Gasteiger partial charge in [0.2, 0.25) is 0 Å². The highest BCUT2D eigenvalue weighted by Crippen LogP contribution is 2.32. The minimum Gasteiger partial charge on any atom is -0.384 e. The normalized spacial score (nSPS) is 14.9. The first kappa shape index (κ1) is 17.7. The molecular formula is C18H21N5O3. The molecule has 1 aromatic heterocycles. The molecular weight excluding hydrogens is 334 g/mol. The Morgan fingerprint density at radius 2 is 2.04 bits per heavy atom. The molecule has 8 nitrogen and oxygen atoms in total. The summed E-state index contributed by atoms with van der Waals surface area (Å²) < 4.78 is 0. The zero-order chi connectivity index (χ0) is 18.7. The Morgan fingerprint density at radius 1 is 1.31 bits per heavy atom. The molecule has 1 aliphatic heterocycles. The Labute approximate surface area is 151 Å². The maximum atomic E-state index is 12.4. The molecule has 0 aliphatic carbocycles. The van der Waals surface area contributed by atoms with Crippen molar-refractivity contribution in [2.45, 2.75) is 19.8 Å². The SMILES string of the molecule is CC1CCN(c2ccc(C(=O)Nc3ccc(N)nc3)cc2[N+](=O)[O-])CC1. The van der Waals surface area contributed by atoms with Gasteiger partial charge < -0.3 is 16.0 Å². The first-order valence-electron chi connectivity index (χ1n) is 8.50. The molecule has 0 saturated carbocycles. The second-order valence-electron chi connectivity index (χ2n) is 6.56. The number of amides is 1. The number of nitrogens with two attached hydrogens (primary N) is 1. The van der Waals surface area contributed by atoms with E-state index in [1.807, 2.05) is 4.90 Å². The van der Waals surface area contributed by atoms with Gasteiger partial charge in [0.05, 0.1) is 16.8 Å². The molecule has 3 N–H and O–H groups in total. The number of aromatic nitrogens is 1. The van der Waals surface area contributed by atoms with Crippen LogP contribution in [0.2, 0.25) is 0 Å². The van der Waals surface area contributed by atoms with Gasteiger partial charge >= 0.3 is 0 Å². The second-order valence-corrected chi connectivity index (χ2v) is 6.56. The van der Waals surface area contributed by atoms with Gasteiger partial charge in [0.15, 0.2) is 0 Å². The van der Waals surface area contributed by atoms with Crippen LogP contribution >= 0.6 is 0 Å². The molecule has 1 fully saturated rings. The summed E-state index contributed by atoms with van der Waals surface area (Å²) in [6.07, 6.45) is 3.44. The number of anilines is 3. The zero-order valence-corrected chi connectivity index (χ0v) is 14.5. The van der Waals surface area contributed by atoms with E-state index in [-0.39, 0.29) is 11.3 Å². The number of nitrogens with zero attached hydrogens (tertiary/aromatic N) is 3. The average molecular weight is 355 g/mol. The smallest absolute Gasteiger partial charge is 0.293 e. The van der Waals surface area contributed by atoms with Crippen molar-refractivity contribution in [1.29, 1.82) is 0 Å². The van der Waals surface area contributed by atoms with Crippen molar-refractivity contribution in [3.63, 3.8) is 0 Å². The molecule has 0 spiro atoms. The Hall–Kier alpha value is -3.16. The van der Waals surface area contributed by atoms with E-state index in [0.29, 0.717) is 23.1 Å². The Morgan fingerprint density at radius 3 is 2.65 bits per heavy atom. The van der Waals surface area contributed by atoms with Gasteiger partial charge in [-0.2, -0.15) is 0 Å². The van der Waals surface area contributed by atoms with Crippen LogP contribution in [-0.4, -0.2) is 28.9 Å². The Kier molecular flexibility index (Phi) is 5.01. The van der Waals surface area contributed by atoms with Crippen LogP contribution in [0.4, 0.5) is 22.9 Å². The number of piperidine rings is 1. The summed E-state index contributed by atoms with van der Waals surface area (Å²) in [6, 6.07) is 7.79. The number of pyridine rings is 1. The Bertz CT molecular complexity index is 814. The van der Waals surface area contributed by atoms with Crippen molar-refractivity contribution in [3.8, 4) is 0 Å². The monoisotopic (exact) mass is 355 g/mol. The number of carbonyl (C=O) groups excluding carboxylic acids is 1. The number of nitro groups is 1. The highest BCUT2D eigenvalue weighted by atomic mass is 16.6. The van der Waals surface area contributed by atoms with E-state index in [1.165, 1.54) is 12.3 Å². The number of rotatable bonds is 4. The molecule has 0 unspecified atom stereocenters. The number of hydrogen-bond donors (Lipinski definition) is 2. The minimum absolute atomic E-state index is 0.0531. The van der Waals surface area contributed by atoms with Crippen molar-refractivity contribution in [2.24, 2.45) is 5.92 Å². The lowest BCUT2D eigenvalue weighted by molar-refractivity contribution is -0.384. The van der Waals surface area contributed by atoms with Gasteiger partial charge in [-0.25, -0.2) is 4.98 Å². The van der Waals surface area contributed by atoms with Gasteiger partial charge in [-0.3, -0.25) is 14.9 Å². The van der Waals surface area contributed by atoms with E-state index in [2.05, 4.69) is 17.2 Å². The number of benzene rings is 1. The molecule has 0 bridgehead atoms. The fourth-order valence-corrected chi connectivity index (χ4v) is 3.01. The molecule has 3 rings (SSSR count). The molecule has 1 aromatic carbocycles. The van der Waals surface area contributed by atoms with E-state index < -0.39 is 10.8 Å². The standard InChI is InChI=1S/C18H21N5O3/c1-12-6-8-22(9-7-12)15-4-2-13(10-16(15)23(25)26)18(24)21-14-3-5-17(19)20-11-14/h2-5,10-12H,6-9H2,1H3,(H2,19,20)(H,21,24). The molecule has 26 heavy (non-hydrogen) atoms. The molecule has 8 heteroatoms. The largest absolute Gasteiger partial charge is 0.384 e. The summed E-state index contributed by atoms with van der Waals surface area (Å²) in [5, 5.41) is 14.2. The van der Waals surface area contributed by atoms with Gasteiger partial charge in [-0.05, 0) is 43.0 Å². The first-order valence-corrected chi connectivity index (χ1v) is 8.50. The van der Waals surface area contributed by atoms with Crippen LogP contribution in [-0.2, 0) is 0 Å². The van der Waals surface area contributed by atoms with Crippen molar-refractivity contribution in [1.82, 2.24) is 4.98 Å². The van der Waals surface area contributed by atoms with Crippen LogP contribution < -0.4 is 16.0 Å². The van der Waals surface area contributed by atoms with Crippen molar-refractivity contribution in [2.75, 3.05) is 29.0 Å². The molecule has 0 atom stereocenters. The maximum absolute atomic E-state index is 12.4. The van der Waals surface area contributed by atoms with Crippen LogP contribution in [0.3, 0.4) is 0 Å². The van der Waals surface area contributed by atoms with Gasteiger partial charge in [0, 0.05) is 24.7 Å². The Balaban J connectivity index is 1.82. The third-order valence-corrected chi connectivity index (χ3v) is 4.60. The second kappa shape index (κ2) is 7.38. The first-order chi connectivity index (χ1) is 12.4. The fourth-order valence-electron chi connectivity index (χ4n) is 3.01. The average Bonchev–Trinajstić information content (AvgIpc) is 2.63. The van der Waals surface area contributed by atoms with E-state index >= 15 is 0 Å². The summed E-state index contributed by atoms with van der Waals surface area (Å²) in [7, 11) is 0. The summed E-state index contributed by atoms with van der Waals surface area (Å²) in [6.45, 7) is 3.75. The minimum atomic E-state index is -0.436. The third kappa shape index (κ3) is 3.90. The number of hydrogen-bond acceptors (Lipinski definition) is 6. The molecule has 2 aromatic rings. The molecule has 136 valence electrons. The van der Waals surface area contributed by atoms with Gasteiger partial charge in [-0.15, -0.1) is 0 Å². The van der Waals surface area contributed by atoms with Crippen LogP contribution in [0, 0.1) is 16.0 Å². The molecule has 2 heterocycles. The number of nitrogens with one attached hydrogen (secondary N) is 1. The maximum Gasteiger partial charge on any atom is 0.293 e. The zero-order valence-electron chi connectivity index (χ0n) is 14.5. The summed E-state index contributed by atoms with van der Waals surface area (Å²) in [5.74, 6) is 0.543. The van der Waals surface area contributed by atoms with Crippen LogP contribution in [0.5, 0.6) is 0 Å². The highest BCUT2D eigenvalue weighted by Gasteiger charge is 2.24. The van der Waals surface area contributed by atoms with E-state index in [0.717, 1.165) is 25.9 Å².